The van der Waals surface area contributed by atoms with E-state index < -0.39 is 0 Å². The summed E-state index contributed by atoms with van der Waals surface area (Å²) in [6.45, 7) is 4.13. The molecule has 14 heavy (non-hydrogen) atoms. The highest BCUT2D eigenvalue weighted by Crippen LogP contribution is 2.18. The molecule has 0 amide bonds. The van der Waals surface area contributed by atoms with Crippen LogP contribution in [0.3, 0.4) is 0 Å². The van der Waals surface area contributed by atoms with E-state index in [2.05, 4.69) is 28.7 Å². The van der Waals surface area contributed by atoms with Gasteiger partial charge in [-0.05, 0) is 42.2 Å². The second-order valence-electron chi connectivity index (χ2n) is 4.12. The van der Waals surface area contributed by atoms with Crippen molar-refractivity contribution in [3.8, 4) is 0 Å². The number of β-amino-alcohol motifs (C(OH)–C–C–N with tert-alkyl or cyclic N) is 1. The lowest BCUT2D eigenvalue weighted by atomic mass is 10.2. The number of aliphatic hydroxyl groups is 1. The molecule has 0 bridgehead atoms. The second-order valence-corrected chi connectivity index (χ2v) is 4.90. The minimum absolute atomic E-state index is 0.104. The van der Waals surface area contributed by atoms with Crippen molar-refractivity contribution in [2.75, 3.05) is 13.1 Å². The number of thiophene rings is 1. The average Bonchev–Trinajstić information content (AvgIpc) is 2.72. The van der Waals surface area contributed by atoms with E-state index in [4.69, 9.17) is 0 Å². The molecule has 2 rings (SSSR count). The van der Waals surface area contributed by atoms with Gasteiger partial charge in [0.05, 0.1) is 6.10 Å². The molecule has 78 valence electrons. The Labute approximate surface area is 89.2 Å². The first-order chi connectivity index (χ1) is 6.75. The molecular formula is C11H17NOS. The molecule has 0 aromatic carbocycles. The van der Waals surface area contributed by atoms with Crippen LogP contribution in [-0.2, 0) is 6.42 Å². The summed E-state index contributed by atoms with van der Waals surface area (Å²) in [4.78, 5) is 2.38. The molecule has 1 aromatic rings. The van der Waals surface area contributed by atoms with Crippen molar-refractivity contribution in [1.29, 1.82) is 0 Å². The summed E-state index contributed by atoms with van der Waals surface area (Å²) in [5.74, 6) is 0. The number of hydrogen-bond donors (Lipinski definition) is 1. The van der Waals surface area contributed by atoms with Gasteiger partial charge in [-0.25, -0.2) is 0 Å². The van der Waals surface area contributed by atoms with Crippen LogP contribution in [0.1, 0.15) is 18.9 Å². The molecule has 0 radical (unpaired) electrons. The predicted molar refractivity (Wildman–Crippen MR) is 59.7 cm³/mol. The number of rotatable bonds is 3. The molecule has 1 saturated heterocycles. The van der Waals surface area contributed by atoms with Gasteiger partial charge < -0.3 is 5.11 Å². The second kappa shape index (κ2) is 4.43. The first-order valence-corrected chi connectivity index (χ1v) is 6.13. The fourth-order valence-corrected chi connectivity index (χ4v) is 2.79. The zero-order valence-corrected chi connectivity index (χ0v) is 9.33. The molecule has 1 N–H and O–H groups in total. The van der Waals surface area contributed by atoms with E-state index in [1.807, 2.05) is 0 Å². The molecule has 0 spiro atoms. The van der Waals surface area contributed by atoms with Gasteiger partial charge in [0, 0.05) is 19.1 Å². The Morgan fingerprint density at radius 1 is 1.64 bits per heavy atom. The smallest absolute Gasteiger partial charge is 0.0682 e. The Morgan fingerprint density at radius 3 is 3.07 bits per heavy atom. The van der Waals surface area contributed by atoms with E-state index in [0.29, 0.717) is 6.04 Å². The summed E-state index contributed by atoms with van der Waals surface area (Å²) in [6, 6.07) is 2.73. The maximum atomic E-state index is 9.49. The van der Waals surface area contributed by atoms with Gasteiger partial charge in [-0.1, -0.05) is 0 Å². The standard InChI is InChI=1S/C11H17NOS/c1-9-6-11(13)7-12(9)4-2-10-3-5-14-8-10/h3,5,8-9,11,13H,2,4,6-7H2,1H3. The quantitative estimate of drug-likeness (QED) is 0.823. The molecule has 2 unspecified atom stereocenters. The van der Waals surface area contributed by atoms with Gasteiger partial charge in [-0.3, -0.25) is 4.90 Å². The SMILES string of the molecule is CC1CC(O)CN1CCc1ccsc1. The molecular weight excluding hydrogens is 194 g/mol. The first kappa shape index (κ1) is 10.1. The Kier molecular flexibility index (Phi) is 3.21. The Hall–Kier alpha value is -0.380. The van der Waals surface area contributed by atoms with Gasteiger partial charge in [0.1, 0.15) is 0 Å². The fraction of sp³-hybridized carbons (Fsp3) is 0.636. The van der Waals surface area contributed by atoms with Crippen LogP contribution in [0.15, 0.2) is 16.8 Å². The van der Waals surface area contributed by atoms with Crippen LogP contribution in [-0.4, -0.2) is 35.2 Å². The lowest BCUT2D eigenvalue weighted by Gasteiger charge is -2.19. The molecule has 1 aliphatic heterocycles. The molecule has 1 aromatic heterocycles. The normalized spacial score (nSPS) is 28.4. The highest BCUT2D eigenvalue weighted by Gasteiger charge is 2.26. The van der Waals surface area contributed by atoms with E-state index >= 15 is 0 Å². The van der Waals surface area contributed by atoms with Crippen LogP contribution in [0.5, 0.6) is 0 Å². The van der Waals surface area contributed by atoms with Crippen molar-refractivity contribution in [2.45, 2.75) is 31.9 Å². The van der Waals surface area contributed by atoms with Gasteiger partial charge in [0.15, 0.2) is 0 Å². The van der Waals surface area contributed by atoms with E-state index in [9.17, 15) is 5.11 Å². The molecule has 2 heterocycles. The van der Waals surface area contributed by atoms with Crippen LogP contribution in [0.2, 0.25) is 0 Å². The lowest BCUT2D eigenvalue weighted by molar-refractivity contribution is 0.176. The largest absolute Gasteiger partial charge is 0.392 e. The third kappa shape index (κ3) is 2.35. The Morgan fingerprint density at radius 2 is 2.50 bits per heavy atom. The molecule has 2 nitrogen and oxygen atoms in total. The molecule has 1 aliphatic rings. The summed E-state index contributed by atoms with van der Waals surface area (Å²) in [5.41, 5.74) is 1.42. The summed E-state index contributed by atoms with van der Waals surface area (Å²) >= 11 is 1.76. The topological polar surface area (TPSA) is 23.5 Å². The lowest BCUT2D eigenvalue weighted by Crippen LogP contribution is -2.29. The minimum Gasteiger partial charge on any atom is -0.392 e. The summed E-state index contributed by atoms with van der Waals surface area (Å²) in [6.07, 6.45) is 1.94. The minimum atomic E-state index is -0.104. The highest BCUT2D eigenvalue weighted by atomic mass is 32.1. The molecule has 3 heteroatoms. The van der Waals surface area contributed by atoms with Crippen LogP contribution >= 0.6 is 11.3 Å². The predicted octanol–water partition coefficient (Wildman–Crippen LogP) is 1.75. The van der Waals surface area contributed by atoms with Crippen LogP contribution < -0.4 is 0 Å². The van der Waals surface area contributed by atoms with E-state index in [1.165, 1.54) is 5.56 Å². The van der Waals surface area contributed by atoms with E-state index in [1.54, 1.807) is 11.3 Å². The van der Waals surface area contributed by atoms with Crippen molar-refractivity contribution < 1.29 is 5.11 Å². The molecule has 1 fully saturated rings. The van der Waals surface area contributed by atoms with E-state index in [-0.39, 0.29) is 6.10 Å². The van der Waals surface area contributed by atoms with Crippen LogP contribution in [0, 0.1) is 0 Å². The van der Waals surface area contributed by atoms with Gasteiger partial charge >= 0.3 is 0 Å². The number of nitrogens with zero attached hydrogens (tertiary/aromatic N) is 1. The fourth-order valence-electron chi connectivity index (χ4n) is 2.09. The third-order valence-corrected chi connectivity index (χ3v) is 3.68. The number of aliphatic hydroxyl groups excluding tert-OH is 1. The Bertz CT molecular complexity index is 273. The first-order valence-electron chi connectivity index (χ1n) is 5.19. The van der Waals surface area contributed by atoms with Crippen LogP contribution in [0.25, 0.3) is 0 Å². The maximum Gasteiger partial charge on any atom is 0.0682 e. The average molecular weight is 211 g/mol. The Balaban J connectivity index is 1.81. The third-order valence-electron chi connectivity index (χ3n) is 2.95. The van der Waals surface area contributed by atoms with Crippen molar-refractivity contribution in [3.63, 3.8) is 0 Å². The highest BCUT2D eigenvalue weighted by molar-refractivity contribution is 7.07. The van der Waals surface area contributed by atoms with Crippen LogP contribution in [0.4, 0.5) is 0 Å². The van der Waals surface area contributed by atoms with Gasteiger partial charge in [0.2, 0.25) is 0 Å². The van der Waals surface area contributed by atoms with E-state index in [0.717, 1.165) is 25.9 Å². The van der Waals surface area contributed by atoms with Gasteiger partial charge in [0.25, 0.3) is 0 Å². The molecule has 0 saturated carbocycles. The van der Waals surface area contributed by atoms with Gasteiger partial charge in [-0.2, -0.15) is 11.3 Å². The van der Waals surface area contributed by atoms with Gasteiger partial charge in [-0.15, -0.1) is 0 Å². The van der Waals surface area contributed by atoms with Crippen molar-refractivity contribution >= 4 is 11.3 Å². The zero-order valence-electron chi connectivity index (χ0n) is 8.52. The van der Waals surface area contributed by atoms with Crippen molar-refractivity contribution in [2.24, 2.45) is 0 Å². The molecule has 2 atom stereocenters. The van der Waals surface area contributed by atoms with Crippen molar-refractivity contribution in [1.82, 2.24) is 4.90 Å². The monoisotopic (exact) mass is 211 g/mol. The summed E-state index contributed by atoms with van der Waals surface area (Å²) in [5, 5.41) is 13.8. The maximum absolute atomic E-state index is 9.49. The zero-order chi connectivity index (χ0) is 9.97. The number of likely N-dealkylation sites (tertiary alicyclic amines) is 1. The van der Waals surface area contributed by atoms with Crippen molar-refractivity contribution in [3.05, 3.63) is 22.4 Å². The number of hydrogen-bond acceptors (Lipinski definition) is 3. The molecule has 0 aliphatic carbocycles. The summed E-state index contributed by atoms with van der Waals surface area (Å²) < 4.78 is 0. The summed E-state index contributed by atoms with van der Waals surface area (Å²) in [7, 11) is 0.